The Kier molecular flexibility index (Phi) is 2.85. The Bertz CT molecular complexity index is 1040. The first kappa shape index (κ1) is 12.9. The van der Waals surface area contributed by atoms with Gasteiger partial charge in [0, 0.05) is 5.56 Å². The average molecular weight is 304 g/mol. The van der Waals surface area contributed by atoms with E-state index >= 15 is 0 Å². The van der Waals surface area contributed by atoms with Gasteiger partial charge in [-0.2, -0.15) is 5.26 Å². The summed E-state index contributed by atoms with van der Waals surface area (Å²) < 4.78 is 1.85. The lowest BCUT2D eigenvalue weighted by Gasteiger charge is -2.09. The fourth-order valence-electron chi connectivity index (χ4n) is 2.70. The van der Waals surface area contributed by atoms with Crippen LogP contribution in [0.2, 0.25) is 5.15 Å². The zero-order valence-corrected chi connectivity index (χ0v) is 12.2. The lowest BCUT2D eigenvalue weighted by Crippen LogP contribution is -1.94. The number of hydrogen-bond donors (Lipinski definition) is 0. The number of nitrogens with zero attached hydrogens (tertiary/aromatic N) is 3. The molecule has 0 fully saturated rings. The van der Waals surface area contributed by atoms with Gasteiger partial charge in [0.05, 0.1) is 16.6 Å². The molecular formula is C18H10ClN3. The summed E-state index contributed by atoms with van der Waals surface area (Å²) in [5.41, 5.74) is 4.63. The van der Waals surface area contributed by atoms with Crippen LogP contribution in [0.4, 0.5) is 0 Å². The van der Waals surface area contributed by atoms with E-state index in [1.54, 1.807) is 6.07 Å². The molecule has 3 nitrogen and oxygen atoms in total. The summed E-state index contributed by atoms with van der Waals surface area (Å²) in [7, 11) is 0. The number of rotatable bonds is 1. The van der Waals surface area contributed by atoms with Crippen LogP contribution in [0, 0.1) is 11.3 Å². The van der Waals surface area contributed by atoms with E-state index in [4.69, 9.17) is 11.6 Å². The number of para-hydroxylation sites is 2. The summed E-state index contributed by atoms with van der Waals surface area (Å²) in [6, 6.07) is 21.6. The van der Waals surface area contributed by atoms with Gasteiger partial charge in [0.15, 0.2) is 5.65 Å². The van der Waals surface area contributed by atoms with Crippen molar-refractivity contribution in [3.05, 3.63) is 71.4 Å². The van der Waals surface area contributed by atoms with Gasteiger partial charge < -0.3 is 0 Å². The zero-order chi connectivity index (χ0) is 15.1. The van der Waals surface area contributed by atoms with Crippen molar-refractivity contribution in [3.63, 3.8) is 0 Å². The molecule has 0 spiro atoms. The fraction of sp³-hybridized carbons (Fsp3) is 0. The summed E-state index contributed by atoms with van der Waals surface area (Å²) in [5.74, 6) is 0. The van der Waals surface area contributed by atoms with Crippen LogP contribution in [-0.4, -0.2) is 9.38 Å². The monoisotopic (exact) mass is 303 g/mol. The van der Waals surface area contributed by atoms with E-state index in [2.05, 4.69) is 11.1 Å². The Morgan fingerprint density at radius 1 is 1.00 bits per heavy atom. The number of halogens is 1. The standard InChI is InChI=1S/C18H10ClN3/c19-17-14(12-6-2-1-3-7-12)10-13(11-20)18-21-15-8-4-5-9-16(15)22(17)18/h1-10H. The molecule has 0 aliphatic heterocycles. The second-order valence-electron chi connectivity index (χ2n) is 5.00. The van der Waals surface area contributed by atoms with Gasteiger partial charge in [0.25, 0.3) is 0 Å². The summed E-state index contributed by atoms with van der Waals surface area (Å²) >= 11 is 6.64. The molecule has 2 aromatic heterocycles. The molecule has 0 bridgehead atoms. The summed E-state index contributed by atoms with van der Waals surface area (Å²) in [6.07, 6.45) is 0. The van der Waals surface area contributed by atoms with Crippen LogP contribution in [-0.2, 0) is 0 Å². The van der Waals surface area contributed by atoms with E-state index in [1.807, 2.05) is 59.0 Å². The molecule has 0 saturated heterocycles. The number of imidazole rings is 1. The molecule has 22 heavy (non-hydrogen) atoms. The van der Waals surface area contributed by atoms with Crippen LogP contribution in [0.3, 0.4) is 0 Å². The molecule has 2 heterocycles. The predicted octanol–water partition coefficient (Wildman–Crippen LogP) is 4.68. The second kappa shape index (κ2) is 4.87. The molecule has 4 rings (SSSR count). The van der Waals surface area contributed by atoms with Crippen molar-refractivity contribution in [2.24, 2.45) is 0 Å². The lowest BCUT2D eigenvalue weighted by molar-refractivity contribution is 1.22. The summed E-state index contributed by atoms with van der Waals surface area (Å²) in [5, 5.41) is 10.0. The maximum Gasteiger partial charge on any atom is 0.157 e. The normalized spacial score (nSPS) is 10.9. The van der Waals surface area contributed by atoms with Crippen molar-refractivity contribution < 1.29 is 0 Å². The molecule has 0 unspecified atom stereocenters. The van der Waals surface area contributed by atoms with Crippen molar-refractivity contribution in [1.29, 1.82) is 5.26 Å². The van der Waals surface area contributed by atoms with Crippen LogP contribution >= 0.6 is 11.6 Å². The van der Waals surface area contributed by atoms with Crippen molar-refractivity contribution in [2.45, 2.75) is 0 Å². The number of hydrogen-bond acceptors (Lipinski definition) is 2. The highest BCUT2D eigenvalue weighted by Gasteiger charge is 2.16. The van der Waals surface area contributed by atoms with Crippen LogP contribution in [0.1, 0.15) is 5.56 Å². The molecule has 0 atom stereocenters. The Hall–Kier alpha value is -2.83. The quantitative estimate of drug-likeness (QED) is 0.479. The Morgan fingerprint density at radius 2 is 1.73 bits per heavy atom. The van der Waals surface area contributed by atoms with Gasteiger partial charge >= 0.3 is 0 Å². The molecule has 0 aliphatic carbocycles. The zero-order valence-electron chi connectivity index (χ0n) is 11.5. The van der Waals surface area contributed by atoms with Crippen molar-refractivity contribution >= 4 is 28.3 Å². The van der Waals surface area contributed by atoms with Gasteiger partial charge in [-0.3, -0.25) is 4.40 Å². The van der Waals surface area contributed by atoms with Crippen LogP contribution in [0.5, 0.6) is 0 Å². The summed E-state index contributed by atoms with van der Waals surface area (Å²) in [4.78, 5) is 4.54. The van der Waals surface area contributed by atoms with Crippen molar-refractivity contribution in [2.75, 3.05) is 0 Å². The predicted molar refractivity (Wildman–Crippen MR) is 87.9 cm³/mol. The molecule has 0 amide bonds. The largest absolute Gasteiger partial charge is 0.281 e. The lowest BCUT2D eigenvalue weighted by atomic mass is 10.1. The third kappa shape index (κ3) is 1.78. The van der Waals surface area contributed by atoms with E-state index in [9.17, 15) is 5.26 Å². The Morgan fingerprint density at radius 3 is 2.50 bits per heavy atom. The van der Waals surface area contributed by atoms with E-state index in [0.29, 0.717) is 16.4 Å². The molecule has 0 radical (unpaired) electrons. The van der Waals surface area contributed by atoms with Gasteiger partial charge in [-0.15, -0.1) is 0 Å². The van der Waals surface area contributed by atoms with Crippen LogP contribution in [0.15, 0.2) is 60.7 Å². The number of pyridine rings is 1. The van der Waals surface area contributed by atoms with Crippen molar-refractivity contribution in [3.8, 4) is 17.2 Å². The highest BCUT2D eigenvalue weighted by Crippen LogP contribution is 2.33. The minimum atomic E-state index is 0.513. The molecule has 4 aromatic rings. The highest BCUT2D eigenvalue weighted by molar-refractivity contribution is 6.33. The molecule has 104 valence electrons. The van der Waals surface area contributed by atoms with E-state index in [-0.39, 0.29) is 0 Å². The minimum Gasteiger partial charge on any atom is -0.281 e. The molecule has 4 heteroatoms. The van der Waals surface area contributed by atoms with E-state index in [1.165, 1.54) is 0 Å². The Labute approximate surface area is 132 Å². The number of aromatic nitrogens is 2. The Balaban J connectivity index is 2.19. The first-order valence-electron chi connectivity index (χ1n) is 6.85. The van der Waals surface area contributed by atoms with Gasteiger partial charge in [0.2, 0.25) is 0 Å². The first-order chi connectivity index (χ1) is 10.8. The maximum absolute atomic E-state index is 9.48. The third-order valence-corrected chi connectivity index (χ3v) is 4.09. The molecule has 2 aromatic carbocycles. The second-order valence-corrected chi connectivity index (χ2v) is 5.36. The van der Waals surface area contributed by atoms with Gasteiger partial charge in [-0.25, -0.2) is 4.98 Å². The smallest absolute Gasteiger partial charge is 0.157 e. The maximum atomic E-state index is 9.48. The minimum absolute atomic E-state index is 0.513. The number of fused-ring (bicyclic) bond motifs is 3. The van der Waals surface area contributed by atoms with Gasteiger partial charge in [-0.1, -0.05) is 54.1 Å². The average Bonchev–Trinajstić information content (AvgIpc) is 2.96. The third-order valence-electron chi connectivity index (χ3n) is 3.71. The first-order valence-corrected chi connectivity index (χ1v) is 7.22. The number of benzene rings is 2. The highest BCUT2D eigenvalue weighted by atomic mass is 35.5. The SMILES string of the molecule is N#Cc1cc(-c2ccccc2)c(Cl)n2c1nc1ccccc12. The van der Waals surface area contributed by atoms with E-state index in [0.717, 1.165) is 22.2 Å². The molecular weight excluding hydrogens is 294 g/mol. The van der Waals surface area contributed by atoms with E-state index < -0.39 is 0 Å². The van der Waals surface area contributed by atoms with Gasteiger partial charge in [0.1, 0.15) is 11.2 Å². The topological polar surface area (TPSA) is 41.1 Å². The number of nitriles is 1. The van der Waals surface area contributed by atoms with Crippen molar-refractivity contribution in [1.82, 2.24) is 9.38 Å². The fourth-order valence-corrected chi connectivity index (χ4v) is 3.03. The van der Waals surface area contributed by atoms with Gasteiger partial charge in [-0.05, 0) is 23.8 Å². The van der Waals surface area contributed by atoms with Crippen LogP contribution in [0.25, 0.3) is 27.8 Å². The molecule has 0 aliphatic rings. The summed E-state index contributed by atoms with van der Waals surface area (Å²) in [6.45, 7) is 0. The molecule has 0 N–H and O–H groups in total. The van der Waals surface area contributed by atoms with Crippen LogP contribution < -0.4 is 0 Å². The molecule has 0 saturated carbocycles.